The van der Waals surface area contributed by atoms with Crippen molar-refractivity contribution in [2.24, 2.45) is 0 Å². The molecule has 0 unspecified atom stereocenters. The van der Waals surface area contributed by atoms with Crippen molar-refractivity contribution in [3.63, 3.8) is 0 Å². The summed E-state index contributed by atoms with van der Waals surface area (Å²) in [5, 5.41) is 11.6. The lowest BCUT2D eigenvalue weighted by molar-refractivity contribution is -0.384. The first-order valence-electron chi connectivity index (χ1n) is 9.13. The van der Waals surface area contributed by atoms with Crippen molar-refractivity contribution < 1.29 is 14.1 Å². The van der Waals surface area contributed by atoms with Gasteiger partial charge in [-0.1, -0.05) is 29.3 Å². The molecule has 2 aromatic heterocycles. The number of hydrogen-bond donors (Lipinski definition) is 0. The van der Waals surface area contributed by atoms with E-state index in [4.69, 9.17) is 27.6 Å². The second-order valence-corrected chi connectivity index (χ2v) is 7.32. The number of halogens is 2. The van der Waals surface area contributed by atoms with Crippen LogP contribution in [0.1, 0.15) is 16.2 Å². The number of aromatic nitrogens is 1. The van der Waals surface area contributed by atoms with E-state index in [1.807, 2.05) is 16.7 Å². The zero-order valence-corrected chi connectivity index (χ0v) is 17.4. The molecule has 0 N–H and O–H groups in total. The molecule has 154 valence electrons. The Balaban J connectivity index is 1.55. The highest BCUT2D eigenvalue weighted by molar-refractivity contribution is 6.43. The molecule has 0 atom stereocenters. The predicted octanol–water partition coefficient (Wildman–Crippen LogP) is 6.85. The lowest BCUT2D eigenvalue weighted by Crippen LogP contribution is -1.96. The molecule has 2 aromatic carbocycles. The molecule has 6 nitrogen and oxygen atoms in total. The van der Waals surface area contributed by atoms with E-state index in [1.165, 1.54) is 18.2 Å². The van der Waals surface area contributed by atoms with Crippen LogP contribution in [0.4, 0.5) is 5.69 Å². The van der Waals surface area contributed by atoms with E-state index >= 15 is 0 Å². The number of nitrogens with zero attached hydrogens (tertiary/aromatic N) is 2. The molecular formula is C23H14Cl2N2O4. The van der Waals surface area contributed by atoms with E-state index in [2.05, 4.69) is 0 Å². The summed E-state index contributed by atoms with van der Waals surface area (Å²) in [6.45, 7) is 0. The molecule has 0 aliphatic heterocycles. The molecular weight excluding hydrogens is 439 g/mol. The summed E-state index contributed by atoms with van der Waals surface area (Å²) in [6, 6.07) is 18.2. The summed E-state index contributed by atoms with van der Waals surface area (Å²) in [4.78, 5) is 23.0. The van der Waals surface area contributed by atoms with Gasteiger partial charge in [-0.25, -0.2) is 0 Å². The lowest BCUT2D eigenvalue weighted by Gasteiger charge is -2.06. The van der Waals surface area contributed by atoms with Gasteiger partial charge < -0.3 is 8.98 Å². The molecule has 8 heteroatoms. The highest BCUT2D eigenvalue weighted by Crippen LogP contribution is 2.34. The SMILES string of the molecule is O=C(/C=C/c1cccn1-c1ccc([N+](=O)[O-])cc1)c1ccc(-c2cccc(Cl)c2Cl)o1. The van der Waals surface area contributed by atoms with Gasteiger partial charge in [0.25, 0.3) is 5.69 Å². The Morgan fingerprint density at radius 1 is 1.00 bits per heavy atom. The Bertz CT molecular complexity index is 1300. The van der Waals surface area contributed by atoms with Gasteiger partial charge in [-0.05, 0) is 60.7 Å². The Hall–Kier alpha value is -3.61. The van der Waals surface area contributed by atoms with Crippen LogP contribution in [0, 0.1) is 10.1 Å². The second-order valence-electron chi connectivity index (χ2n) is 6.54. The van der Waals surface area contributed by atoms with E-state index < -0.39 is 4.92 Å². The number of furan rings is 1. The van der Waals surface area contributed by atoms with Crippen LogP contribution in [-0.2, 0) is 0 Å². The van der Waals surface area contributed by atoms with Crippen molar-refractivity contribution in [3.05, 3.63) is 111 Å². The van der Waals surface area contributed by atoms with E-state index in [9.17, 15) is 14.9 Å². The van der Waals surface area contributed by atoms with Crippen molar-refractivity contribution in [1.82, 2.24) is 4.57 Å². The molecule has 2 heterocycles. The topological polar surface area (TPSA) is 78.3 Å². The summed E-state index contributed by atoms with van der Waals surface area (Å²) < 4.78 is 7.49. The summed E-state index contributed by atoms with van der Waals surface area (Å²) in [7, 11) is 0. The molecule has 0 aliphatic carbocycles. The van der Waals surface area contributed by atoms with Crippen LogP contribution < -0.4 is 0 Å². The number of carbonyl (C=O) groups excluding carboxylic acids is 1. The van der Waals surface area contributed by atoms with Crippen molar-refractivity contribution >= 4 is 40.7 Å². The van der Waals surface area contributed by atoms with Crippen LogP contribution in [0.25, 0.3) is 23.1 Å². The maximum Gasteiger partial charge on any atom is 0.269 e. The number of hydrogen-bond acceptors (Lipinski definition) is 4. The molecule has 4 rings (SSSR count). The van der Waals surface area contributed by atoms with E-state index in [0.717, 1.165) is 11.4 Å². The average molecular weight is 453 g/mol. The molecule has 4 aromatic rings. The minimum absolute atomic E-state index is 0.0107. The summed E-state index contributed by atoms with van der Waals surface area (Å²) >= 11 is 12.3. The number of non-ortho nitro benzene ring substituents is 1. The van der Waals surface area contributed by atoms with Crippen molar-refractivity contribution in [1.29, 1.82) is 0 Å². The molecule has 0 aliphatic rings. The van der Waals surface area contributed by atoms with Crippen LogP contribution >= 0.6 is 23.2 Å². The fourth-order valence-corrected chi connectivity index (χ4v) is 3.45. The first-order valence-corrected chi connectivity index (χ1v) is 9.88. The van der Waals surface area contributed by atoms with Gasteiger partial charge in [0.2, 0.25) is 5.78 Å². The van der Waals surface area contributed by atoms with E-state index in [-0.39, 0.29) is 17.2 Å². The van der Waals surface area contributed by atoms with Gasteiger partial charge in [0.1, 0.15) is 5.76 Å². The number of benzene rings is 2. The number of nitro benzene ring substituents is 1. The second kappa shape index (κ2) is 8.63. The third-order valence-corrected chi connectivity index (χ3v) is 5.41. The van der Waals surface area contributed by atoms with E-state index in [1.54, 1.807) is 54.7 Å². The third-order valence-electron chi connectivity index (χ3n) is 4.59. The monoisotopic (exact) mass is 452 g/mol. The first kappa shape index (κ1) is 20.7. The summed E-state index contributed by atoms with van der Waals surface area (Å²) in [6.07, 6.45) is 4.86. The number of nitro groups is 1. The molecule has 31 heavy (non-hydrogen) atoms. The number of carbonyl (C=O) groups is 1. The van der Waals surface area contributed by atoms with Crippen molar-refractivity contribution in [2.45, 2.75) is 0 Å². The normalized spacial score (nSPS) is 11.2. The maximum atomic E-state index is 12.6. The molecule has 0 spiro atoms. The highest BCUT2D eigenvalue weighted by atomic mass is 35.5. The Labute approximate surface area is 187 Å². The largest absolute Gasteiger partial charge is 0.453 e. The van der Waals surface area contributed by atoms with Gasteiger partial charge in [0.05, 0.1) is 15.0 Å². The summed E-state index contributed by atoms with van der Waals surface area (Å²) in [5.41, 5.74) is 2.08. The minimum Gasteiger partial charge on any atom is -0.453 e. The van der Waals surface area contributed by atoms with Crippen LogP contribution in [0.2, 0.25) is 10.0 Å². The minimum atomic E-state index is -0.451. The molecule has 0 bridgehead atoms. The summed E-state index contributed by atoms with van der Waals surface area (Å²) in [5.74, 6) is 0.287. The average Bonchev–Trinajstić information content (AvgIpc) is 3.44. The number of rotatable bonds is 6. The quantitative estimate of drug-likeness (QED) is 0.138. The van der Waals surface area contributed by atoms with Crippen LogP contribution in [0.15, 0.2) is 83.4 Å². The predicted molar refractivity (Wildman–Crippen MR) is 120 cm³/mol. The molecule has 0 amide bonds. The van der Waals surface area contributed by atoms with E-state index in [0.29, 0.717) is 21.4 Å². The highest BCUT2D eigenvalue weighted by Gasteiger charge is 2.14. The van der Waals surface area contributed by atoms with Gasteiger partial charge in [-0.3, -0.25) is 14.9 Å². The fraction of sp³-hybridized carbons (Fsp3) is 0. The van der Waals surface area contributed by atoms with Gasteiger partial charge >= 0.3 is 0 Å². The fourth-order valence-electron chi connectivity index (χ4n) is 3.05. The van der Waals surface area contributed by atoms with Gasteiger partial charge in [-0.2, -0.15) is 0 Å². The number of ketones is 1. The Kier molecular flexibility index (Phi) is 5.75. The zero-order valence-electron chi connectivity index (χ0n) is 15.9. The maximum absolute atomic E-state index is 12.6. The molecule has 0 saturated carbocycles. The Morgan fingerprint density at radius 3 is 2.52 bits per heavy atom. The molecule has 0 saturated heterocycles. The lowest BCUT2D eigenvalue weighted by atomic mass is 10.2. The van der Waals surface area contributed by atoms with Gasteiger partial charge in [-0.15, -0.1) is 0 Å². The van der Waals surface area contributed by atoms with Crippen LogP contribution in [-0.4, -0.2) is 15.3 Å². The smallest absolute Gasteiger partial charge is 0.269 e. The zero-order chi connectivity index (χ0) is 22.0. The first-order chi connectivity index (χ1) is 14.9. The van der Waals surface area contributed by atoms with Gasteiger partial charge in [0.15, 0.2) is 5.76 Å². The third kappa shape index (κ3) is 4.30. The molecule has 0 fully saturated rings. The molecule has 0 radical (unpaired) electrons. The Morgan fingerprint density at radius 2 is 1.77 bits per heavy atom. The van der Waals surface area contributed by atoms with Crippen LogP contribution in [0.3, 0.4) is 0 Å². The van der Waals surface area contributed by atoms with Crippen LogP contribution in [0.5, 0.6) is 0 Å². The van der Waals surface area contributed by atoms with Gasteiger partial charge in [0, 0.05) is 35.3 Å². The standard InChI is InChI=1S/C23H14Cl2N2O4/c24-19-5-1-4-18(23(19)25)21-12-13-22(31-21)20(28)11-10-15-3-2-14-26(15)16-6-8-17(9-7-16)27(29)30/h1-14H/b11-10+. The van der Waals surface area contributed by atoms with Crippen molar-refractivity contribution in [2.75, 3.05) is 0 Å². The number of allylic oxidation sites excluding steroid dienone is 1. The van der Waals surface area contributed by atoms with Crippen molar-refractivity contribution in [3.8, 4) is 17.0 Å².